The summed E-state index contributed by atoms with van der Waals surface area (Å²) in [6.07, 6.45) is 1.82. The van der Waals surface area contributed by atoms with E-state index in [0.717, 1.165) is 17.8 Å². The second-order valence-corrected chi connectivity index (χ2v) is 10.4. The van der Waals surface area contributed by atoms with Gasteiger partial charge in [0.1, 0.15) is 8.42 Å². The fourth-order valence-corrected chi connectivity index (χ4v) is 7.49. The summed E-state index contributed by atoms with van der Waals surface area (Å²) in [7, 11) is -7.37. The highest BCUT2D eigenvalue weighted by molar-refractivity contribution is 7.95. The van der Waals surface area contributed by atoms with Crippen molar-refractivity contribution in [1.29, 1.82) is 0 Å². The first kappa shape index (κ1) is 16.9. The molecule has 0 saturated carbocycles. The van der Waals surface area contributed by atoms with Gasteiger partial charge >= 0.3 is 0 Å². The van der Waals surface area contributed by atoms with Crippen LogP contribution in [0.2, 0.25) is 0 Å². The van der Waals surface area contributed by atoms with Crippen molar-refractivity contribution in [2.45, 2.75) is 52.8 Å². The smallest absolute Gasteiger partial charge is 0.247 e. The number of hydrogen-bond donors (Lipinski definition) is 2. The van der Waals surface area contributed by atoms with Gasteiger partial charge in [-0.05, 0) is 25.5 Å². The van der Waals surface area contributed by atoms with E-state index in [2.05, 4.69) is 5.32 Å². The zero-order valence-corrected chi connectivity index (χ0v) is 14.4. The van der Waals surface area contributed by atoms with Gasteiger partial charge in [-0.15, -0.1) is 11.3 Å². The van der Waals surface area contributed by atoms with Crippen molar-refractivity contribution < 1.29 is 16.8 Å². The molecule has 1 aromatic heterocycles. The highest BCUT2D eigenvalue weighted by Crippen LogP contribution is 2.43. The molecule has 3 N–H and O–H groups in total. The van der Waals surface area contributed by atoms with E-state index in [4.69, 9.17) is 5.14 Å². The molecule has 6 nitrogen and oxygen atoms in total. The normalized spacial score (nSPS) is 24.7. The van der Waals surface area contributed by atoms with Crippen LogP contribution < -0.4 is 10.5 Å². The van der Waals surface area contributed by atoms with Crippen LogP contribution in [0.3, 0.4) is 0 Å². The molecule has 9 heteroatoms. The Hall–Kier alpha value is -0.480. The van der Waals surface area contributed by atoms with Crippen molar-refractivity contribution in [2.75, 3.05) is 6.54 Å². The summed E-state index contributed by atoms with van der Waals surface area (Å²) >= 11 is 0.768. The van der Waals surface area contributed by atoms with Crippen LogP contribution in [0, 0.1) is 0 Å². The van der Waals surface area contributed by atoms with E-state index in [-0.39, 0.29) is 14.5 Å². The molecule has 0 radical (unpaired) electrons. The Bertz CT molecular complexity index is 722. The van der Waals surface area contributed by atoms with Crippen molar-refractivity contribution in [3.8, 4) is 0 Å². The van der Waals surface area contributed by atoms with Gasteiger partial charge in [-0.3, -0.25) is 0 Å². The van der Waals surface area contributed by atoms with Gasteiger partial charge in [0.2, 0.25) is 10.0 Å². The van der Waals surface area contributed by atoms with Crippen LogP contribution in [0.5, 0.6) is 0 Å². The maximum Gasteiger partial charge on any atom is 0.247 e. The van der Waals surface area contributed by atoms with Crippen molar-refractivity contribution >= 4 is 31.2 Å². The fourth-order valence-electron chi connectivity index (χ4n) is 2.67. The maximum atomic E-state index is 12.6. The third-order valence-corrected chi connectivity index (χ3v) is 8.99. The molecular formula is C12H20N2O4S3. The topological polar surface area (TPSA) is 106 Å². The van der Waals surface area contributed by atoms with E-state index < -0.39 is 25.1 Å². The molecule has 0 spiro atoms. The summed E-state index contributed by atoms with van der Waals surface area (Å²) in [4.78, 5) is 0. The molecule has 0 aliphatic carbocycles. The number of nitrogens with two attached hydrogens (primary N) is 1. The van der Waals surface area contributed by atoms with Gasteiger partial charge in [0.15, 0.2) is 9.84 Å². The summed E-state index contributed by atoms with van der Waals surface area (Å²) in [6, 6.07) is 1.26. The lowest BCUT2D eigenvalue weighted by atomic mass is 10.0. The number of sulfone groups is 1. The van der Waals surface area contributed by atoms with Crippen LogP contribution in [0.25, 0.3) is 0 Å². The first-order valence-corrected chi connectivity index (χ1v) is 10.8. The number of sulfonamides is 1. The molecule has 21 heavy (non-hydrogen) atoms. The van der Waals surface area contributed by atoms with Gasteiger partial charge in [0.05, 0.1) is 5.25 Å². The third-order valence-electron chi connectivity index (χ3n) is 3.62. The van der Waals surface area contributed by atoms with E-state index in [1.165, 1.54) is 6.07 Å². The Labute approximate surface area is 129 Å². The fraction of sp³-hybridized carbons (Fsp3) is 0.667. The molecule has 0 unspecified atom stereocenters. The van der Waals surface area contributed by atoms with Gasteiger partial charge in [-0.2, -0.15) is 0 Å². The molecule has 0 amide bonds. The maximum absolute atomic E-state index is 12.6. The van der Waals surface area contributed by atoms with Gasteiger partial charge < -0.3 is 5.32 Å². The monoisotopic (exact) mass is 352 g/mol. The predicted molar refractivity (Wildman–Crippen MR) is 82.6 cm³/mol. The van der Waals surface area contributed by atoms with E-state index in [1.807, 2.05) is 13.8 Å². The first-order valence-electron chi connectivity index (χ1n) is 6.85. The van der Waals surface area contributed by atoms with E-state index in [9.17, 15) is 16.8 Å². The molecule has 0 saturated heterocycles. The standard InChI is InChI=1S/C12H20N2O4S3/c1-3-5-8-6-10(14-4-2)9-7-11(21(13,17)18)19-12(9)20(8,15)16/h7-8,10,14H,3-6H2,1-2H3,(H2,13,17,18)/t8-,10+/m1/s1. The summed E-state index contributed by atoms with van der Waals surface area (Å²) in [5, 5.41) is 7.91. The highest BCUT2D eigenvalue weighted by Gasteiger charge is 2.40. The number of thiophene rings is 1. The minimum absolute atomic E-state index is 0.0869. The molecular weight excluding hydrogens is 332 g/mol. The molecule has 2 heterocycles. The second kappa shape index (κ2) is 5.96. The minimum Gasteiger partial charge on any atom is -0.310 e. The number of primary sulfonamides is 1. The van der Waals surface area contributed by atoms with E-state index in [1.54, 1.807) is 0 Å². The summed E-state index contributed by atoms with van der Waals surface area (Å²) < 4.78 is 48.3. The predicted octanol–water partition coefficient (Wildman–Crippen LogP) is 1.39. The molecule has 0 fully saturated rings. The number of fused-ring (bicyclic) bond motifs is 1. The van der Waals surface area contributed by atoms with Crippen molar-refractivity contribution in [3.05, 3.63) is 11.6 Å². The number of rotatable bonds is 5. The van der Waals surface area contributed by atoms with Crippen LogP contribution in [-0.2, 0) is 19.9 Å². The van der Waals surface area contributed by atoms with Crippen molar-refractivity contribution in [1.82, 2.24) is 5.32 Å². The lowest BCUT2D eigenvalue weighted by Crippen LogP contribution is -2.34. The van der Waals surface area contributed by atoms with Crippen LogP contribution in [-0.4, -0.2) is 28.6 Å². The lowest BCUT2D eigenvalue weighted by Gasteiger charge is -2.29. The lowest BCUT2D eigenvalue weighted by molar-refractivity contribution is 0.456. The zero-order chi connectivity index (χ0) is 15.8. The molecule has 1 aromatic rings. The largest absolute Gasteiger partial charge is 0.310 e. The van der Waals surface area contributed by atoms with Crippen LogP contribution >= 0.6 is 11.3 Å². The van der Waals surface area contributed by atoms with E-state index in [0.29, 0.717) is 24.9 Å². The van der Waals surface area contributed by atoms with Crippen LogP contribution in [0.15, 0.2) is 14.5 Å². The van der Waals surface area contributed by atoms with Crippen LogP contribution in [0.1, 0.15) is 44.7 Å². The summed E-state index contributed by atoms with van der Waals surface area (Å²) in [5.41, 5.74) is 0.540. The second-order valence-electron chi connectivity index (χ2n) is 5.15. The molecule has 1 aliphatic rings. The zero-order valence-electron chi connectivity index (χ0n) is 12.0. The molecule has 0 bridgehead atoms. The van der Waals surface area contributed by atoms with Gasteiger partial charge in [-0.25, -0.2) is 22.0 Å². The Morgan fingerprint density at radius 1 is 1.43 bits per heavy atom. The number of hydrogen-bond acceptors (Lipinski definition) is 6. The Balaban J connectivity index is 2.59. The molecule has 2 atom stereocenters. The third kappa shape index (κ3) is 3.16. The molecule has 1 aliphatic heterocycles. The highest BCUT2D eigenvalue weighted by atomic mass is 32.3. The summed E-state index contributed by atoms with van der Waals surface area (Å²) in [6.45, 7) is 4.56. The van der Waals surface area contributed by atoms with Crippen molar-refractivity contribution in [3.63, 3.8) is 0 Å². The molecule has 0 aromatic carbocycles. The Morgan fingerprint density at radius 3 is 2.62 bits per heavy atom. The van der Waals surface area contributed by atoms with Gasteiger partial charge in [0.25, 0.3) is 0 Å². The quantitative estimate of drug-likeness (QED) is 0.833. The van der Waals surface area contributed by atoms with Gasteiger partial charge in [-0.1, -0.05) is 20.3 Å². The molecule has 2 rings (SSSR count). The number of nitrogens with one attached hydrogen (secondary N) is 1. The molecule has 120 valence electrons. The summed E-state index contributed by atoms with van der Waals surface area (Å²) in [5.74, 6) is 0. The van der Waals surface area contributed by atoms with E-state index >= 15 is 0 Å². The average Bonchev–Trinajstić information content (AvgIpc) is 2.82. The Morgan fingerprint density at radius 2 is 2.10 bits per heavy atom. The van der Waals surface area contributed by atoms with Gasteiger partial charge in [0, 0.05) is 11.6 Å². The van der Waals surface area contributed by atoms with Crippen LogP contribution in [0.4, 0.5) is 0 Å². The first-order chi connectivity index (χ1) is 9.71. The SMILES string of the molecule is CCC[C@@H]1C[C@H](NCC)c2cc(S(N)(=O)=O)sc2S1(=O)=O. The van der Waals surface area contributed by atoms with Crippen molar-refractivity contribution in [2.24, 2.45) is 5.14 Å². The average molecular weight is 353 g/mol. The minimum atomic E-state index is -3.89. The Kier molecular flexibility index (Phi) is 4.79.